The number of carbonyl (C=O) groups is 1. The van der Waals surface area contributed by atoms with Gasteiger partial charge in [-0.25, -0.2) is 4.98 Å². The van der Waals surface area contributed by atoms with Gasteiger partial charge in [-0.15, -0.1) is 5.10 Å². The molecule has 106 valence electrons. The van der Waals surface area contributed by atoms with E-state index in [4.69, 9.17) is 0 Å². The van der Waals surface area contributed by atoms with Gasteiger partial charge in [-0.3, -0.25) is 14.8 Å². The van der Waals surface area contributed by atoms with Gasteiger partial charge in [0.1, 0.15) is 5.82 Å². The highest BCUT2D eigenvalue weighted by molar-refractivity contribution is 7.99. The second-order valence-electron chi connectivity index (χ2n) is 4.91. The number of carbonyl (C=O) groups excluding carboxylic acids is 1. The van der Waals surface area contributed by atoms with Crippen LogP contribution in [-0.4, -0.2) is 63.7 Å². The molecule has 0 unspecified atom stereocenters. The molecule has 1 aliphatic rings. The van der Waals surface area contributed by atoms with E-state index >= 15 is 0 Å². The summed E-state index contributed by atoms with van der Waals surface area (Å²) in [7, 11) is 0. The fraction of sp³-hybridized carbons (Fsp3) is 0.750. The largest absolute Gasteiger partial charge is 0.348 e. The van der Waals surface area contributed by atoms with E-state index in [2.05, 4.69) is 25.4 Å². The monoisotopic (exact) mass is 283 g/mol. The summed E-state index contributed by atoms with van der Waals surface area (Å²) in [6.45, 7) is 7.79. The summed E-state index contributed by atoms with van der Waals surface area (Å²) in [5, 5.41) is 9.59. The van der Waals surface area contributed by atoms with Crippen molar-refractivity contribution in [2.75, 3.05) is 37.7 Å². The maximum atomic E-state index is 11.8. The lowest BCUT2D eigenvalue weighted by atomic mass is 10.2. The van der Waals surface area contributed by atoms with Crippen LogP contribution in [0.5, 0.6) is 0 Å². The molecule has 1 amide bonds. The molecule has 19 heavy (non-hydrogen) atoms. The molecule has 1 aromatic heterocycles. The molecular weight excluding hydrogens is 262 g/mol. The lowest BCUT2D eigenvalue weighted by Crippen LogP contribution is -2.39. The zero-order valence-electron chi connectivity index (χ0n) is 11.5. The van der Waals surface area contributed by atoms with Crippen molar-refractivity contribution in [1.29, 1.82) is 0 Å². The quantitative estimate of drug-likeness (QED) is 0.832. The molecule has 0 saturated carbocycles. The Morgan fingerprint density at radius 1 is 1.47 bits per heavy atom. The Balaban J connectivity index is 1.74. The Bertz CT molecular complexity index is 414. The summed E-state index contributed by atoms with van der Waals surface area (Å²) in [6.07, 6.45) is 0. The first-order valence-electron chi connectivity index (χ1n) is 6.67. The standard InChI is InChI=1S/C12H21N5OS/c1-9(2)10-14-11(16-15-10)12(18)13-3-4-17-5-7-19-8-6-17/h9H,3-8H2,1-2H3,(H,13,18)(H,14,15,16). The molecule has 0 atom stereocenters. The summed E-state index contributed by atoms with van der Waals surface area (Å²) in [5.74, 6) is 3.41. The third-order valence-corrected chi connectivity index (χ3v) is 4.01. The SMILES string of the molecule is CC(C)c1nc(C(=O)NCCN2CCSCC2)n[nH]1. The molecule has 1 aliphatic heterocycles. The maximum Gasteiger partial charge on any atom is 0.291 e. The molecule has 1 aromatic rings. The number of nitrogens with one attached hydrogen (secondary N) is 2. The van der Waals surface area contributed by atoms with Crippen LogP contribution in [0, 0.1) is 0 Å². The first-order valence-corrected chi connectivity index (χ1v) is 7.83. The summed E-state index contributed by atoms with van der Waals surface area (Å²) in [6, 6.07) is 0. The van der Waals surface area contributed by atoms with Crippen LogP contribution in [0.2, 0.25) is 0 Å². The molecule has 2 N–H and O–H groups in total. The molecule has 0 radical (unpaired) electrons. The van der Waals surface area contributed by atoms with Gasteiger partial charge >= 0.3 is 0 Å². The Kier molecular flexibility index (Phi) is 5.21. The predicted molar refractivity (Wildman–Crippen MR) is 76.6 cm³/mol. The van der Waals surface area contributed by atoms with Gasteiger partial charge in [0.2, 0.25) is 5.82 Å². The van der Waals surface area contributed by atoms with E-state index in [0.717, 1.165) is 25.5 Å². The number of thioether (sulfide) groups is 1. The van der Waals surface area contributed by atoms with Crippen molar-refractivity contribution in [1.82, 2.24) is 25.4 Å². The van der Waals surface area contributed by atoms with E-state index in [1.807, 2.05) is 25.6 Å². The van der Waals surface area contributed by atoms with E-state index in [9.17, 15) is 4.79 Å². The second-order valence-corrected chi connectivity index (χ2v) is 6.13. The highest BCUT2D eigenvalue weighted by atomic mass is 32.2. The number of amides is 1. The molecule has 2 heterocycles. The minimum Gasteiger partial charge on any atom is -0.348 e. The van der Waals surface area contributed by atoms with E-state index in [0.29, 0.717) is 6.54 Å². The van der Waals surface area contributed by atoms with Crippen molar-refractivity contribution in [3.8, 4) is 0 Å². The lowest BCUT2D eigenvalue weighted by Gasteiger charge is -2.25. The Hall–Kier alpha value is -1.08. The minimum atomic E-state index is -0.200. The minimum absolute atomic E-state index is 0.200. The van der Waals surface area contributed by atoms with Crippen molar-refractivity contribution in [3.05, 3.63) is 11.6 Å². The van der Waals surface area contributed by atoms with E-state index in [1.54, 1.807) is 0 Å². The van der Waals surface area contributed by atoms with Gasteiger partial charge in [0.25, 0.3) is 5.91 Å². The van der Waals surface area contributed by atoms with Crippen LogP contribution in [0.15, 0.2) is 0 Å². The van der Waals surface area contributed by atoms with E-state index < -0.39 is 0 Å². The van der Waals surface area contributed by atoms with Crippen molar-refractivity contribution >= 4 is 17.7 Å². The fourth-order valence-corrected chi connectivity index (χ4v) is 2.84. The normalized spacial score (nSPS) is 16.8. The fourth-order valence-electron chi connectivity index (χ4n) is 1.87. The van der Waals surface area contributed by atoms with E-state index in [-0.39, 0.29) is 17.6 Å². The Morgan fingerprint density at radius 2 is 2.21 bits per heavy atom. The zero-order chi connectivity index (χ0) is 13.7. The van der Waals surface area contributed by atoms with Crippen LogP contribution in [0.3, 0.4) is 0 Å². The molecule has 1 fully saturated rings. The molecular formula is C12H21N5OS. The first-order chi connectivity index (χ1) is 9.16. The van der Waals surface area contributed by atoms with Gasteiger partial charge in [0.15, 0.2) is 0 Å². The third kappa shape index (κ3) is 4.21. The number of H-pyrrole nitrogens is 1. The van der Waals surface area contributed by atoms with Crippen molar-refractivity contribution in [2.24, 2.45) is 0 Å². The number of hydrogen-bond acceptors (Lipinski definition) is 5. The second kappa shape index (κ2) is 6.91. The molecule has 7 heteroatoms. The average Bonchev–Trinajstić information content (AvgIpc) is 2.89. The molecule has 0 bridgehead atoms. The first kappa shape index (κ1) is 14.3. The number of aromatic nitrogens is 3. The van der Waals surface area contributed by atoms with Crippen LogP contribution in [0.25, 0.3) is 0 Å². The molecule has 0 aliphatic carbocycles. The number of hydrogen-bond donors (Lipinski definition) is 2. The van der Waals surface area contributed by atoms with Crippen LogP contribution in [0.4, 0.5) is 0 Å². The Morgan fingerprint density at radius 3 is 2.84 bits per heavy atom. The summed E-state index contributed by atoms with van der Waals surface area (Å²) < 4.78 is 0. The van der Waals surface area contributed by atoms with Gasteiger partial charge in [-0.05, 0) is 0 Å². The number of rotatable bonds is 5. The van der Waals surface area contributed by atoms with Crippen LogP contribution < -0.4 is 5.32 Å². The molecule has 6 nitrogen and oxygen atoms in total. The molecule has 0 aromatic carbocycles. The van der Waals surface area contributed by atoms with Gasteiger partial charge in [0.05, 0.1) is 0 Å². The number of aromatic amines is 1. The zero-order valence-corrected chi connectivity index (χ0v) is 12.3. The topological polar surface area (TPSA) is 73.9 Å². The summed E-state index contributed by atoms with van der Waals surface area (Å²) in [5.41, 5.74) is 0. The van der Waals surface area contributed by atoms with Crippen molar-refractivity contribution < 1.29 is 4.79 Å². The maximum absolute atomic E-state index is 11.8. The van der Waals surface area contributed by atoms with E-state index in [1.165, 1.54) is 11.5 Å². The lowest BCUT2D eigenvalue weighted by molar-refractivity contribution is 0.0939. The van der Waals surface area contributed by atoms with Crippen molar-refractivity contribution in [2.45, 2.75) is 19.8 Å². The molecule has 0 spiro atoms. The molecule has 1 saturated heterocycles. The summed E-state index contributed by atoms with van der Waals surface area (Å²) in [4.78, 5) is 18.4. The smallest absolute Gasteiger partial charge is 0.291 e. The Labute approximate surface area is 117 Å². The third-order valence-electron chi connectivity index (χ3n) is 3.07. The van der Waals surface area contributed by atoms with Gasteiger partial charge in [0, 0.05) is 43.6 Å². The summed E-state index contributed by atoms with van der Waals surface area (Å²) >= 11 is 1.99. The van der Waals surface area contributed by atoms with Crippen LogP contribution in [-0.2, 0) is 0 Å². The number of nitrogens with zero attached hydrogens (tertiary/aromatic N) is 3. The highest BCUT2D eigenvalue weighted by Gasteiger charge is 2.14. The van der Waals surface area contributed by atoms with Crippen molar-refractivity contribution in [3.63, 3.8) is 0 Å². The average molecular weight is 283 g/mol. The predicted octanol–water partition coefficient (Wildman–Crippen LogP) is 0.707. The molecule has 2 rings (SSSR count). The van der Waals surface area contributed by atoms with Gasteiger partial charge in [-0.2, -0.15) is 11.8 Å². The van der Waals surface area contributed by atoms with Gasteiger partial charge in [-0.1, -0.05) is 13.8 Å². The van der Waals surface area contributed by atoms with Crippen LogP contribution >= 0.6 is 11.8 Å². The van der Waals surface area contributed by atoms with Gasteiger partial charge < -0.3 is 5.32 Å². The van der Waals surface area contributed by atoms with Crippen LogP contribution in [0.1, 0.15) is 36.2 Å². The highest BCUT2D eigenvalue weighted by Crippen LogP contribution is 2.08.